The average Bonchev–Trinajstić information content (AvgIpc) is 2.52. The smallest absolute Gasteiger partial charge is 0.184 e. The standard InChI is InChI=1S/C15H24O2Si/c1-16-15-11-7-8-14(15)10(9-12(11)15)5-6-13(14)17-18(2,3)4/h7-8,10-13H,5-6,9H2,1-4H3/t10-,11-,12+,13+,14+,15+/m1/s1. The first kappa shape index (κ1) is 11.7. The Bertz CT molecular complexity index is 427. The van der Waals surface area contributed by atoms with E-state index in [-0.39, 0.29) is 11.0 Å². The Morgan fingerprint density at radius 1 is 1.22 bits per heavy atom. The van der Waals surface area contributed by atoms with Gasteiger partial charge in [-0.05, 0) is 50.7 Å². The molecule has 0 aliphatic heterocycles. The Kier molecular flexibility index (Phi) is 2.03. The fourth-order valence-electron chi connectivity index (χ4n) is 5.64. The summed E-state index contributed by atoms with van der Waals surface area (Å²) in [6, 6.07) is 0. The predicted octanol–water partition coefficient (Wildman–Crippen LogP) is 3.21. The van der Waals surface area contributed by atoms with Crippen molar-refractivity contribution < 1.29 is 9.16 Å². The Morgan fingerprint density at radius 2 is 2.00 bits per heavy atom. The zero-order valence-electron chi connectivity index (χ0n) is 11.9. The molecule has 4 aliphatic carbocycles. The molecule has 0 aromatic rings. The average molecular weight is 264 g/mol. The number of fused-ring (bicyclic) bond motifs is 1. The van der Waals surface area contributed by atoms with E-state index in [0.717, 1.165) is 11.8 Å². The molecule has 3 heteroatoms. The maximum atomic E-state index is 6.57. The Morgan fingerprint density at radius 3 is 2.67 bits per heavy atom. The molecule has 1 spiro atoms. The molecule has 0 heterocycles. The highest BCUT2D eigenvalue weighted by molar-refractivity contribution is 6.69. The lowest BCUT2D eigenvalue weighted by Gasteiger charge is -2.41. The van der Waals surface area contributed by atoms with Crippen LogP contribution in [0.4, 0.5) is 0 Å². The Labute approximate surface area is 111 Å². The van der Waals surface area contributed by atoms with Gasteiger partial charge in [0.1, 0.15) is 0 Å². The molecule has 0 aromatic carbocycles. The first-order valence-corrected chi connectivity index (χ1v) is 10.8. The van der Waals surface area contributed by atoms with Crippen molar-refractivity contribution >= 4 is 8.32 Å². The first-order chi connectivity index (χ1) is 8.46. The van der Waals surface area contributed by atoms with Gasteiger partial charge < -0.3 is 9.16 Å². The van der Waals surface area contributed by atoms with E-state index in [0.29, 0.717) is 12.0 Å². The normalized spacial score (nSPS) is 55.8. The monoisotopic (exact) mass is 264 g/mol. The lowest BCUT2D eigenvalue weighted by molar-refractivity contribution is -0.0610. The molecule has 3 saturated carbocycles. The van der Waals surface area contributed by atoms with E-state index in [9.17, 15) is 0 Å². The van der Waals surface area contributed by atoms with Crippen LogP contribution in [0.2, 0.25) is 19.6 Å². The van der Waals surface area contributed by atoms with E-state index in [4.69, 9.17) is 9.16 Å². The maximum Gasteiger partial charge on any atom is 0.184 e. The van der Waals surface area contributed by atoms with Crippen LogP contribution in [0, 0.1) is 23.2 Å². The number of hydrogen-bond acceptors (Lipinski definition) is 2. The third-order valence-electron chi connectivity index (χ3n) is 5.98. The summed E-state index contributed by atoms with van der Waals surface area (Å²) in [4.78, 5) is 0. The van der Waals surface area contributed by atoms with E-state index >= 15 is 0 Å². The highest BCUT2D eigenvalue weighted by Gasteiger charge is 2.85. The Balaban J connectivity index is 1.74. The third-order valence-corrected chi connectivity index (χ3v) is 6.98. The molecule has 6 atom stereocenters. The van der Waals surface area contributed by atoms with Gasteiger partial charge in [0.05, 0.1) is 11.7 Å². The lowest BCUT2D eigenvalue weighted by Crippen LogP contribution is -2.48. The van der Waals surface area contributed by atoms with Gasteiger partial charge in [-0.1, -0.05) is 12.2 Å². The van der Waals surface area contributed by atoms with Gasteiger partial charge in [-0.15, -0.1) is 0 Å². The fraction of sp³-hybridized carbons (Fsp3) is 0.867. The quantitative estimate of drug-likeness (QED) is 0.575. The summed E-state index contributed by atoms with van der Waals surface area (Å²) in [7, 11) is 0.452. The second-order valence-corrected chi connectivity index (χ2v) is 12.1. The van der Waals surface area contributed by atoms with Crippen molar-refractivity contribution in [3.05, 3.63) is 12.2 Å². The maximum absolute atomic E-state index is 6.57. The van der Waals surface area contributed by atoms with Gasteiger partial charge in [0.2, 0.25) is 0 Å². The summed E-state index contributed by atoms with van der Waals surface area (Å²) in [6.45, 7) is 6.93. The van der Waals surface area contributed by atoms with Crippen molar-refractivity contribution in [2.75, 3.05) is 7.11 Å². The molecule has 4 aliphatic rings. The number of rotatable bonds is 3. The van der Waals surface area contributed by atoms with Crippen LogP contribution in [0.3, 0.4) is 0 Å². The minimum atomic E-state index is -1.47. The summed E-state index contributed by atoms with van der Waals surface area (Å²) in [5.74, 6) is 2.31. The van der Waals surface area contributed by atoms with E-state index in [1.807, 2.05) is 7.11 Å². The van der Waals surface area contributed by atoms with Crippen LogP contribution in [0.15, 0.2) is 12.2 Å². The van der Waals surface area contributed by atoms with Crippen molar-refractivity contribution in [1.29, 1.82) is 0 Å². The highest BCUT2D eigenvalue weighted by Crippen LogP contribution is 2.81. The molecule has 4 rings (SSSR count). The zero-order chi connectivity index (χ0) is 12.8. The Hall–Kier alpha value is -0.123. The molecule has 0 unspecified atom stereocenters. The van der Waals surface area contributed by atoms with Crippen LogP contribution >= 0.6 is 0 Å². The van der Waals surface area contributed by atoms with Gasteiger partial charge in [-0.3, -0.25) is 0 Å². The molecule has 18 heavy (non-hydrogen) atoms. The van der Waals surface area contributed by atoms with Crippen LogP contribution in [0.1, 0.15) is 19.3 Å². The van der Waals surface area contributed by atoms with Crippen LogP contribution in [0.25, 0.3) is 0 Å². The molecule has 0 amide bonds. The van der Waals surface area contributed by atoms with E-state index < -0.39 is 8.32 Å². The number of hydrogen-bond donors (Lipinski definition) is 0. The predicted molar refractivity (Wildman–Crippen MR) is 73.9 cm³/mol. The van der Waals surface area contributed by atoms with Crippen LogP contribution in [-0.2, 0) is 9.16 Å². The van der Waals surface area contributed by atoms with Crippen molar-refractivity contribution in [2.45, 2.75) is 50.6 Å². The molecule has 0 radical (unpaired) electrons. The van der Waals surface area contributed by atoms with Gasteiger partial charge in [0.25, 0.3) is 0 Å². The molecule has 3 fully saturated rings. The van der Waals surface area contributed by atoms with Crippen molar-refractivity contribution in [2.24, 2.45) is 23.2 Å². The van der Waals surface area contributed by atoms with Gasteiger partial charge in [-0.2, -0.15) is 0 Å². The van der Waals surface area contributed by atoms with Gasteiger partial charge in [0, 0.05) is 18.4 Å². The summed E-state index contributed by atoms with van der Waals surface area (Å²) in [6.07, 6.45) is 9.31. The van der Waals surface area contributed by atoms with Crippen molar-refractivity contribution in [1.82, 2.24) is 0 Å². The van der Waals surface area contributed by atoms with Crippen LogP contribution < -0.4 is 0 Å². The number of ether oxygens (including phenoxy) is 1. The molecule has 0 N–H and O–H groups in total. The molecule has 0 aromatic heterocycles. The molecule has 0 saturated heterocycles. The van der Waals surface area contributed by atoms with E-state index in [1.165, 1.54) is 19.3 Å². The summed E-state index contributed by atoms with van der Waals surface area (Å²) in [5, 5.41) is 0. The van der Waals surface area contributed by atoms with Crippen LogP contribution in [0.5, 0.6) is 0 Å². The topological polar surface area (TPSA) is 18.5 Å². The van der Waals surface area contributed by atoms with Gasteiger partial charge in [-0.25, -0.2) is 0 Å². The highest BCUT2D eigenvalue weighted by atomic mass is 28.4. The molecule has 100 valence electrons. The van der Waals surface area contributed by atoms with E-state index in [1.54, 1.807) is 0 Å². The van der Waals surface area contributed by atoms with Crippen molar-refractivity contribution in [3.8, 4) is 0 Å². The second-order valence-electron chi connectivity index (χ2n) is 7.65. The van der Waals surface area contributed by atoms with Gasteiger partial charge >= 0.3 is 0 Å². The van der Waals surface area contributed by atoms with E-state index in [2.05, 4.69) is 31.8 Å². The summed E-state index contributed by atoms with van der Waals surface area (Å²) < 4.78 is 12.6. The first-order valence-electron chi connectivity index (χ1n) is 7.38. The minimum Gasteiger partial charge on any atom is -0.414 e. The molecule has 2 nitrogen and oxygen atoms in total. The van der Waals surface area contributed by atoms with Crippen molar-refractivity contribution in [3.63, 3.8) is 0 Å². The summed E-state index contributed by atoms with van der Waals surface area (Å²) >= 11 is 0. The second kappa shape index (κ2) is 3.13. The minimum absolute atomic E-state index is 0.137. The molecule has 0 bridgehead atoms. The lowest BCUT2D eigenvalue weighted by atomic mass is 9.75. The van der Waals surface area contributed by atoms with Gasteiger partial charge in [0.15, 0.2) is 8.32 Å². The fourth-order valence-corrected chi connectivity index (χ4v) is 6.80. The zero-order valence-corrected chi connectivity index (χ0v) is 12.9. The molecular weight excluding hydrogens is 240 g/mol. The molecular formula is C15H24O2Si. The SMILES string of the molecule is CO[C@]12[C@@H]3C=C[C@@]14[C@H](CC[C@@H]4O[Si](C)(C)C)C[C@@H]32. The van der Waals surface area contributed by atoms with Crippen LogP contribution in [-0.4, -0.2) is 27.1 Å². The number of methoxy groups -OCH3 is 1. The third kappa shape index (κ3) is 1.05. The largest absolute Gasteiger partial charge is 0.414 e. The summed E-state index contributed by atoms with van der Waals surface area (Å²) in [5.41, 5.74) is 0.371.